The van der Waals surface area contributed by atoms with Crippen molar-refractivity contribution in [2.75, 3.05) is 0 Å². The fraction of sp³-hybridized carbons (Fsp3) is 0.400. The summed E-state index contributed by atoms with van der Waals surface area (Å²) in [5, 5.41) is 3.71. The number of alkyl halides is 3. The van der Waals surface area contributed by atoms with E-state index < -0.39 is 11.9 Å². The third-order valence-electron chi connectivity index (χ3n) is 3.88. The highest BCUT2D eigenvalue weighted by Crippen LogP contribution is 2.40. The third kappa shape index (κ3) is 2.63. The molecule has 116 valence electrons. The van der Waals surface area contributed by atoms with Gasteiger partial charge in [0.05, 0.1) is 17.3 Å². The van der Waals surface area contributed by atoms with Crippen LogP contribution in [0.5, 0.6) is 0 Å². The summed E-state index contributed by atoms with van der Waals surface area (Å²) in [6, 6.07) is 4.77. The summed E-state index contributed by atoms with van der Waals surface area (Å²) in [5.74, 6) is -0.0796. The Morgan fingerprint density at radius 3 is 2.64 bits per heavy atom. The molecule has 2 aromatic heterocycles. The molecule has 22 heavy (non-hydrogen) atoms. The standard InChI is InChI=1S/C15H14F3N3O/c1-9-3-2-4-13(19-9)12-7-21(11-5-10(6-11)8-22)20-14(12)15(16,17)18/h2-4,7-8,10-11H,5-6H2,1H3. The fourth-order valence-corrected chi connectivity index (χ4v) is 2.63. The largest absolute Gasteiger partial charge is 0.435 e. The van der Waals surface area contributed by atoms with Crippen molar-refractivity contribution in [1.29, 1.82) is 0 Å². The second-order valence-electron chi connectivity index (χ2n) is 5.55. The number of halogens is 3. The number of hydrogen-bond donors (Lipinski definition) is 0. The highest BCUT2D eigenvalue weighted by molar-refractivity contribution is 5.62. The maximum atomic E-state index is 13.2. The van der Waals surface area contributed by atoms with Crippen molar-refractivity contribution in [1.82, 2.24) is 14.8 Å². The number of pyridine rings is 1. The van der Waals surface area contributed by atoms with Gasteiger partial charge >= 0.3 is 6.18 Å². The number of hydrogen-bond acceptors (Lipinski definition) is 3. The van der Waals surface area contributed by atoms with E-state index in [2.05, 4.69) is 10.1 Å². The molecule has 0 amide bonds. The molecular formula is C15H14F3N3O. The van der Waals surface area contributed by atoms with Crippen molar-refractivity contribution in [2.24, 2.45) is 5.92 Å². The summed E-state index contributed by atoms with van der Waals surface area (Å²) in [5.41, 5.74) is -0.0567. The molecular weight excluding hydrogens is 295 g/mol. The van der Waals surface area contributed by atoms with Gasteiger partial charge in [-0.15, -0.1) is 0 Å². The first-order valence-electron chi connectivity index (χ1n) is 6.94. The number of rotatable bonds is 3. The summed E-state index contributed by atoms with van der Waals surface area (Å²) >= 11 is 0. The van der Waals surface area contributed by atoms with Crippen molar-refractivity contribution in [2.45, 2.75) is 32.0 Å². The Balaban J connectivity index is 2.01. The van der Waals surface area contributed by atoms with Gasteiger partial charge in [0.25, 0.3) is 0 Å². The van der Waals surface area contributed by atoms with Crippen molar-refractivity contribution in [3.8, 4) is 11.3 Å². The molecule has 0 unspecified atom stereocenters. The molecule has 7 heteroatoms. The summed E-state index contributed by atoms with van der Waals surface area (Å²) in [7, 11) is 0. The maximum absolute atomic E-state index is 13.2. The molecule has 1 saturated carbocycles. The molecule has 2 aromatic rings. The van der Waals surface area contributed by atoms with E-state index in [4.69, 9.17) is 0 Å². The second-order valence-corrected chi connectivity index (χ2v) is 5.55. The van der Waals surface area contributed by atoms with Crippen LogP contribution in [0.15, 0.2) is 24.4 Å². The van der Waals surface area contributed by atoms with Crippen LogP contribution in [0.1, 0.15) is 30.3 Å². The molecule has 0 N–H and O–H groups in total. The first kappa shape index (κ1) is 14.7. The number of nitrogens with zero attached hydrogens (tertiary/aromatic N) is 3. The molecule has 0 aliphatic heterocycles. The molecule has 2 heterocycles. The van der Waals surface area contributed by atoms with E-state index in [1.165, 1.54) is 10.9 Å². The van der Waals surface area contributed by atoms with Crippen LogP contribution in [0.2, 0.25) is 0 Å². The molecule has 1 fully saturated rings. The Morgan fingerprint density at radius 2 is 2.05 bits per heavy atom. The van der Waals surface area contributed by atoms with Gasteiger partial charge in [0.2, 0.25) is 0 Å². The number of aryl methyl sites for hydroxylation is 1. The third-order valence-corrected chi connectivity index (χ3v) is 3.88. The fourth-order valence-electron chi connectivity index (χ4n) is 2.63. The van der Waals surface area contributed by atoms with Crippen LogP contribution >= 0.6 is 0 Å². The zero-order chi connectivity index (χ0) is 15.9. The highest BCUT2D eigenvalue weighted by Gasteiger charge is 2.40. The number of carbonyl (C=O) groups is 1. The Hall–Kier alpha value is -2.18. The lowest BCUT2D eigenvalue weighted by molar-refractivity contribution is -0.141. The Kier molecular flexibility index (Phi) is 3.50. The van der Waals surface area contributed by atoms with Gasteiger partial charge in [-0.2, -0.15) is 18.3 Å². The first-order valence-corrected chi connectivity index (χ1v) is 6.94. The minimum Gasteiger partial charge on any atom is -0.303 e. The van der Waals surface area contributed by atoms with Gasteiger partial charge in [0, 0.05) is 17.8 Å². The van der Waals surface area contributed by atoms with E-state index in [1.807, 2.05) is 0 Å². The summed E-state index contributed by atoms with van der Waals surface area (Å²) in [6.45, 7) is 1.72. The molecule has 4 nitrogen and oxygen atoms in total. The van der Waals surface area contributed by atoms with Gasteiger partial charge in [-0.05, 0) is 31.9 Å². The van der Waals surface area contributed by atoms with Crippen LogP contribution in [0.3, 0.4) is 0 Å². The van der Waals surface area contributed by atoms with E-state index in [0.29, 0.717) is 18.5 Å². The van der Waals surface area contributed by atoms with Gasteiger partial charge in [-0.25, -0.2) is 0 Å². The minimum absolute atomic E-state index is 0.0225. The Labute approximate surface area is 125 Å². The molecule has 1 aliphatic carbocycles. The molecule has 0 atom stereocenters. The maximum Gasteiger partial charge on any atom is 0.435 e. The predicted octanol–water partition coefficient (Wildman–Crippen LogP) is 3.42. The molecule has 0 aromatic carbocycles. The lowest BCUT2D eigenvalue weighted by Crippen LogP contribution is -2.28. The van der Waals surface area contributed by atoms with Crippen LogP contribution in [0, 0.1) is 12.8 Å². The van der Waals surface area contributed by atoms with Crippen LogP contribution in [-0.4, -0.2) is 21.1 Å². The first-order chi connectivity index (χ1) is 10.4. The van der Waals surface area contributed by atoms with E-state index in [9.17, 15) is 18.0 Å². The van der Waals surface area contributed by atoms with Gasteiger partial charge in [0.1, 0.15) is 6.29 Å². The SMILES string of the molecule is Cc1cccc(-c2cn(C3CC(C=O)C3)nc2C(F)(F)F)n1. The van der Waals surface area contributed by atoms with E-state index in [0.717, 1.165) is 6.29 Å². The minimum atomic E-state index is -4.54. The highest BCUT2D eigenvalue weighted by atomic mass is 19.4. The monoisotopic (exact) mass is 309 g/mol. The Bertz CT molecular complexity index is 702. The zero-order valence-electron chi connectivity index (χ0n) is 11.8. The molecule has 0 bridgehead atoms. The average Bonchev–Trinajstić information content (AvgIpc) is 2.82. The van der Waals surface area contributed by atoms with Crippen LogP contribution in [-0.2, 0) is 11.0 Å². The average molecular weight is 309 g/mol. The smallest absolute Gasteiger partial charge is 0.303 e. The van der Waals surface area contributed by atoms with Gasteiger partial charge in [-0.3, -0.25) is 9.67 Å². The van der Waals surface area contributed by atoms with Crippen molar-refractivity contribution in [3.05, 3.63) is 35.8 Å². The molecule has 1 aliphatic rings. The van der Waals surface area contributed by atoms with Crippen molar-refractivity contribution in [3.63, 3.8) is 0 Å². The lowest BCUT2D eigenvalue weighted by atomic mass is 9.81. The lowest BCUT2D eigenvalue weighted by Gasteiger charge is -2.31. The molecule has 0 radical (unpaired) electrons. The van der Waals surface area contributed by atoms with Crippen LogP contribution < -0.4 is 0 Å². The predicted molar refractivity (Wildman–Crippen MR) is 73.0 cm³/mol. The van der Waals surface area contributed by atoms with Gasteiger partial charge in [0.15, 0.2) is 5.69 Å². The van der Waals surface area contributed by atoms with Gasteiger partial charge in [-0.1, -0.05) is 6.07 Å². The molecule has 0 saturated heterocycles. The number of carbonyl (C=O) groups excluding carboxylic acids is 1. The van der Waals surface area contributed by atoms with Crippen molar-refractivity contribution >= 4 is 6.29 Å². The van der Waals surface area contributed by atoms with Gasteiger partial charge < -0.3 is 4.79 Å². The zero-order valence-corrected chi connectivity index (χ0v) is 11.8. The van der Waals surface area contributed by atoms with E-state index in [-0.39, 0.29) is 23.2 Å². The van der Waals surface area contributed by atoms with Crippen LogP contribution in [0.25, 0.3) is 11.3 Å². The van der Waals surface area contributed by atoms with E-state index >= 15 is 0 Å². The quantitative estimate of drug-likeness (QED) is 0.816. The summed E-state index contributed by atoms with van der Waals surface area (Å²) in [4.78, 5) is 14.8. The number of aldehydes is 1. The molecule has 3 rings (SSSR count). The van der Waals surface area contributed by atoms with E-state index in [1.54, 1.807) is 25.1 Å². The topological polar surface area (TPSA) is 47.8 Å². The molecule has 0 spiro atoms. The normalized spacial score (nSPS) is 21.5. The summed E-state index contributed by atoms with van der Waals surface area (Å²) in [6.07, 6.45) is -1.25. The Morgan fingerprint density at radius 1 is 1.32 bits per heavy atom. The van der Waals surface area contributed by atoms with Crippen molar-refractivity contribution < 1.29 is 18.0 Å². The summed E-state index contributed by atoms with van der Waals surface area (Å²) < 4.78 is 41.0. The number of aromatic nitrogens is 3. The second kappa shape index (κ2) is 5.23. The van der Waals surface area contributed by atoms with Crippen LogP contribution in [0.4, 0.5) is 13.2 Å².